The Balaban J connectivity index is 3.27. The van der Waals surface area contributed by atoms with Crippen molar-refractivity contribution >= 4 is 5.69 Å². The van der Waals surface area contributed by atoms with Crippen LogP contribution in [0.2, 0.25) is 0 Å². The minimum Gasteiger partial charge on any atom is -0.508 e. The molecule has 0 heterocycles. The van der Waals surface area contributed by atoms with E-state index in [0.717, 1.165) is 0 Å². The highest BCUT2D eigenvalue weighted by atomic mass is 16.6. The highest BCUT2D eigenvalue weighted by molar-refractivity contribution is 5.56. The zero-order valence-corrected chi connectivity index (χ0v) is 9.49. The van der Waals surface area contributed by atoms with E-state index in [4.69, 9.17) is 5.73 Å². The maximum Gasteiger partial charge on any atom is 0.275 e. The number of hydrogen-bond donors (Lipinski definition) is 2. The molecule has 1 rings (SSSR count). The predicted octanol–water partition coefficient (Wildman–Crippen LogP) is 1.81. The molecule has 88 valence electrons. The van der Waals surface area contributed by atoms with E-state index in [0.29, 0.717) is 36.1 Å². The molecule has 0 radical (unpaired) electrons. The van der Waals surface area contributed by atoms with Crippen LogP contribution in [0.5, 0.6) is 5.75 Å². The van der Waals surface area contributed by atoms with Gasteiger partial charge in [-0.25, -0.2) is 0 Å². The van der Waals surface area contributed by atoms with Crippen molar-refractivity contribution in [1.29, 1.82) is 0 Å². The van der Waals surface area contributed by atoms with E-state index in [1.807, 2.05) is 0 Å². The van der Waals surface area contributed by atoms with Gasteiger partial charge in [0, 0.05) is 16.7 Å². The van der Waals surface area contributed by atoms with Crippen molar-refractivity contribution < 1.29 is 10.0 Å². The summed E-state index contributed by atoms with van der Waals surface area (Å²) in [5.74, 6) is 0.119. The van der Waals surface area contributed by atoms with Crippen LogP contribution >= 0.6 is 0 Å². The van der Waals surface area contributed by atoms with E-state index >= 15 is 0 Å². The number of nitro groups is 1. The Morgan fingerprint density at radius 3 is 2.62 bits per heavy atom. The van der Waals surface area contributed by atoms with Crippen LogP contribution in [-0.4, -0.2) is 16.6 Å². The summed E-state index contributed by atoms with van der Waals surface area (Å²) in [6, 6.07) is 1.44. The first-order chi connectivity index (χ1) is 7.49. The highest BCUT2D eigenvalue weighted by Crippen LogP contribution is 2.33. The van der Waals surface area contributed by atoms with Crippen LogP contribution in [0.3, 0.4) is 0 Å². The second-order valence-electron chi connectivity index (χ2n) is 3.81. The molecule has 0 saturated heterocycles. The quantitative estimate of drug-likeness (QED) is 0.602. The maximum atomic E-state index is 10.9. The summed E-state index contributed by atoms with van der Waals surface area (Å²) < 4.78 is 0. The molecule has 0 aliphatic heterocycles. The number of benzene rings is 1. The summed E-state index contributed by atoms with van der Waals surface area (Å²) in [5, 5.41) is 20.6. The molecular weight excluding hydrogens is 208 g/mol. The lowest BCUT2D eigenvalue weighted by molar-refractivity contribution is -0.386. The number of nitrogens with two attached hydrogens (primary N) is 1. The van der Waals surface area contributed by atoms with E-state index in [1.165, 1.54) is 6.07 Å². The Bertz CT molecular complexity index is 416. The van der Waals surface area contributed by atoms with Gasteiger partial charge in [0.15, 0.2) is 0 Å². The molecule has 0 aliphatic rings. The zero-order valence-electron chi connectivity index (χ0n) is 9.49. The molecule has 0 atom stereocenters. The molecule has 0 spiro atoms. The Labute approximate surface area is 94.0 Å². The normalized spacial score (nSPS) is 10.4. The lowest BCUT2D eigenvalue weighted by Crippen LogP contribution is -2.04. The van der Waals surface area contributed by atoms with E-state index in [9.17, 15) is 15.2 Å². The summed E-state index contributed by atoms with van der Waals surface area (Å²) >= 11 is 0. The Kier molecular flexibility index (Phi) is 3.84. The largest absolute Gasteiger partial charge is 0.508 e. The monoisotopic (exact) mass is 224 g/mol. The first kappa shape index (κ1) is 12.4. The molecule has 1 aromatic carbocycles. The molecule has 0 aliphatic carbocycles. The van der Waals surface area contributed by atoms with Crippen molar-refractivity contribution in [1.82, 2.24) is 0 Å². The third-order valence-electron chi connectivity index (χ3n) is 2.66. The van der Waals surface area contributed by atoms with Crippen molar-refractivity contribution in [2.45, 2.75) is 26.7 Å². The third-order valence-corrected chi connectivity index (χ3v) is 2.66. The van der Waals surface area contributed by atoms with E-state index in [1.54, 1.807) is 13.8 Å². The van der Waals surface area contributed by atoms with Crippen LogP contribution in [0, 0.1) is 24.0 Å². The number of nitrogens with zero attached hydrogens (tertiary/aromatic N) is 1. The summed E-state index contributed by atoms with van der Waals surface area (Å²) in [7, 11) is 0. The molecule has 0 saturated carbocycles. The second-order valence-corrected chi connectivity index (χ2v) is 3.81. The molecule has 3 N–H and O–H groups in total. The lowest BCUT2D eigenvalue weighted by atomic mass is 9.98. The van der Waals surface area contributed by atoms with Crippen molar-refractivity contribution in [3.63, 3.8) is 0 Å². The number of aromatic hydroxyl groups is 1. The van der Waals surface area contributed by atoms with Crippen molar-refractivity contribution in [3.8, 4) is 5.75 Å². The molecule has 0 fully saturated rings. The second kappa shape index (κ2) is 4.94. The number of phenols is 1. The van der Waals surface area contributed by atoms with Gasteiger partial charge in [0.1, 0.15) is 5.75 Å². The average molecular weight is 224 g/mol. The predicted molar refractivity (Wildman–Crippen MR) is 61.6 cm³/mol. The Morgan fingerprint density at radius 1 is 1.50 bits per heavy atom. The van der Waals surface area contributed by atoms with Crippen molar-refractivity contribution in [2.75, 3.05) is 6.54 Å². The SMILES string of the molecule is Cc1cc(O)c(CCCN)c(C)c1[N+](=O)[O-]. The summed E-state index contributed by atoms with van der Waals surface area (Å²) in [6.45, 7) is 3.79. The first-order valence-corrected chi connectivity index (χ1v) is 5.15. The van der Waals surface area contributed by atoms with Gasteiger partial charge in [-0.15, -0.1) is 0 Å². The number of phenolic OH excluding ortho intramolecular Hbond substituents is 1. The van der Waals surface area contributed by atoms with Crippen molar-refractivity contribution in [2.24, 2.45) is 5.73 Å². The fraction of sp³-hybridized carbons (Fsp3) is 0.455. The van der Waals surface area contributed by atoms with Gasteiger partial charge < -0.3 is 10.8 Å². The molecular formula is C11H16N2O3. The van der Waals surface area contributed by atoms with Crippen molar-refractivity contribution in [3.05, 3.63) is 32.9 Å². The van der Waals surface area contributed by atoms with Crippen LogP contribution in [0.4, 0.5) is 5.69 Å². The van der Waals surface area contributed by atoms with Gasteiger partial charge in [0.05, 0.1) is 4.92 Å². The summed E-state index contributed by atoms with van der Waals surface area (Å²) in [5.41, 5.74) is 7.12. The zero-order chi connectivity index (χ0) is 12.3. The number of rotatable bonds is 4. The number of hydrogen-bond acceptors (Lipinski definition) is 4. The highest BCUT2D eigenvalue weighted by Gasteiger charge is 2.20. The molecule has 5 heteroatoms. The minimum atomic E-state index is -0.407. The first-order valence-electron chi connectivity index (χ1n) is 5.15. The van der Waals surface area contributed by atoms with Crippen LogP contribution in [0.1, 0.15) is 23.1 Å². The standard InChI is InChI=1S/C11H16N2O3/c1-7-6-10(14)9(4-3-5-12)8(2)11(7)13(15)16/h6,14H,3-5,12H2,1-2H3. The topological polar surface area (TPSA) is 89.4 Å². The van der Waals surface area contributed by atoms with Gasteiger partial charge in [-0.2, -0.15) is 0 Å². The third kappa shape index (κ3) is 2.30. The van der Waals surface area contributed by atoms with Gasteiger partial charge in [-0.05, 0) is 39.3 Å². The smallest absolute Gasteiger partial charge is 0.275 e. The van der Waals surface area contributed by atoms with E-state index in [-0.39, 0.29) is 11.4 Å². The fourth-order valence-corrected chi connectivity index (χ4v) is 1.87. The molecule has 0 aromatic heterocycles. The van der Waals surface area contributed by atoms with Gasteiger partial charge in [-0.3, -0.25) is 10.1 Å². The molecule has 0 bridgehead atoms. The van der Waals surface area contributed by atoms with E-state index < -0.39 is 4.92 Å². The van der Waals surface area contributed by atoms with Gasteiger partial charge in [-0.1, -0.05) is 0 Å². The molecule has 5 nitrogen and oxygen atoms in total. The Hall–Kier alpha value is -1.62. The maximum absolute atomic E-state index is 10.9. The summed E-state index contributed by atoms with van der Waals surface area (Å²) in [4.78, 5) is 10.5. The Morgan fingerprint density at radius 2 is 2.12 bits per heavy atom. The van der Waals surface area contributed by atoms with Gasteiger partial charge in [0.2, 0.25) is 0 Å². The summed E-state index contributed by atoms with van der Waals surface area (Å²) in [6.07, 6.45) is 1.27. The minimum absolute atomic E-state index is 0.0878. The van der Waals surface area contributed by atoms with Crippen LogP contribution in [-0.2, 0) is 6.42 Å². The van der Waals surface area contributed by atoms with Crippen LogP contribution < -0.4 is 5.73 Å². The molecule has 1 aromatic rings. The van der Waals surface area contributed by atoms with Gasteiger partial charge >= 0.3 is 0 Å². The van der Waals surface area contributed by atoms with Gasteiger partial charge in [0.25, 0.3) is 5.69 Å². The number of aryl methyl sites for hydroxylation is 1. The van der Waals surface area contributed by atoms with E-state index in [2.05, 4.69) is 0 Å². The fourth-order valence-electron chi connectivity index (χ4n) is 1.87. The average Bonchev–Trinajstić information content (AvgIpc) is 2.16. The number of nitro benzene ring substituents is 1. The molecule has 0 amide bonds. The molecule has 0 unspecified atom stereocenters. The lowest BCUT2D eigenvalue weighted by Gasteiger charge is -2.10. The molecule has 16 heavy (non-hydrogen) atoms. The van der Waals surface area contributed by atoms with Crippen LogP contribution in [0.25, 0.3) is 0 Å². The van der Waals surface area contributed by atoms with Crippen LogP contribution in [0.15, 0.2) is 6.07 Å².